The highest BCUT2D eigenvalue weighted by atomic mass is 16.6. The van der Waals surface area contributed by atoms with E-state index in [4.69, 9.17) is 9.47 Å². The predicted molar refractivity (Wildman–Crippen MR) is 65.1 cm³/mol. The van der Waals surface area contributed by atoms with Gasteiger partial charge in [-0.3, -0.25) is 9.59 Å². The number of ketones is 1. The fourth-order valence-electron chi connectivity index (χ4n) is 3.15. The van der Waals surface area contributed by atoms with Gasteiger partial charge in [0.15, 0.2) is 11.5 Å². The van der Waals surface area contributed by atoms with Gasteiger partial charge in [-0.25, -0.2) is 0 Å². The lowest BCUT2D eigenvalue weighted by atomic mass is 9.80. The Balaban J connectivity index is 1.88. The first-order valence-electron chi connectivity index (χ1n) is 6.66. The minimum Gasteiger partial charge on any atom is -0.502 e. The van der Waals surface area contributed by atoms with E-state index < -0.39 is 11.4 Å². The van der Waals surface area contributed by atoms with Crippen molar-refractivity contribution in [1.82, 2.24) is 0 Å². The van der Waals surface area contributed by atoms with Crippen molar-refractivity contribution >= 4 is 11.8 Å². The summed E-state index contributed by atoms with van der Waals surface area (Å²) in [5, 5.41) is 9.94. The molecule has 0 aromatic carbocycles. The third kappa shape index (κ3) is 1.71. The van der Waals surface area contributed by atoms with Crippen LogP contribution in [0.3, 0.4) is 0 Å². The molecule has 1 aliphatic carbocycles. The van der Waals surface area contributed by atoms with Crippen LogP contribution in [-0.4, -0.2) is 29.1 Å². The van der Waals surface area contributed by atoms with Crippen LogP contribution in [-0.2, 0) is 19.1 Å². The van der Waals surface area contributed by atoms with Crippen LogP contribution in [0.4, 0.5) is 0 Å². The third-order valence-electron chi connectivity index (χ3n) is 4.16. The van der Waals surface area contributed by atoms with Gasteiger partial charge in [0.25, 0.3) is 0 Å². The molecule has 0 spiro atoms. The zero-order chi connectivity index (χ0) is 13.9. The molecule has 0 amide bonds. The standard InChI is InChI=1S/C14H18O5/c1-14(2,3)13(17)19-12-9-7-5-4-6(18-7)8(9)10(15)11(12)16/h6-9,16H,4-5H2,1-3H3. The molecule has 19 heavy (non-hydrogen) atoms. The average molecular weight is 266 g/mol. The summed E-state index contributed by atoms with van der Waals surface area (Å²) >= 11 is 0. The minimum atomic E-state index is -0.674. The average Bonchev–Trinajstić information content (AvgIpc) is 2.97. The van der Waals surface area contributed by atoms with Crippen molar-refractivity contribution in [3.8, 4) is 0 Å². The molecule has 0 radical (unpaired) electrons. The third-order valence-corrected chi connectivity index (χ3v) is 4.16. The lowest BCUT2D eigenvalue weighted by Gasteiger charge is -2.23. The van der Waals surface area contributed by atoms with Gasteiger partial charge in [-0.1, -0.05) is 0 Å². The van der Waals surface area contributed by atoms with Crippen LogP contribution >= 0.6 is 0 Å². The molecule has 2 saturated heterocycles. The van der Waals surface area contributed by atoms with Crippen LogP contribution in [0.1, 0.15) is 33.6 Å². The maximum atomic E-state index is 12.0. The number of fused-ring (bicyclic) bond motifs is 5. The number of ether oxygens (including phenoxy) is 2. The van der Waals surface area contributed by atoms with Gasteiger partial charge in [-0.15, -0.1) is 0 Å². The van der Waals surface area contributed by atoms with Gasteiger partial charge in [0.2, 0.25) is 5.78 Å². The second kappa shape index (κ2) is 3.82. The molecule has 3 rings (SSSR count). The quantitative estimate of drug-likeness (QED) is 0.732. The number of allylic oxidation sites excluding steroid dienone is 1. The number of hydrogen-bond donors (Lipinski definition) is 1. The number of carbonyl (C=O) groups is 2. The number of rotatable bonds is 1. The molecule has 0 aromatic heterocycles. The molecule has 104 valence electrons. The Morgan fingerprint density at radius 2 is 1.84 bits per heavy atom. The van der Waals surface area contributed by atoms with Gasteiger partial charge in [0.05, 0.1) is 29.5 Å². The summed E-state index contributed by atoms with van der Waals surface area (Å²) in [6.07, 6.45) is 1.45. The van der Waals surface area contributed by atoms with E-state index in [9.17, 15) is 14.7 Å². The van der Waals surface area contributed by atoms with Crippen LogP contribution < -0.4 is 0 Å². The van der Waals surface area contributed by atoms with Crippen LogP contribution in [0, 0.1) is 17.3 Å². The molecule has 2 heterocycles. The van der Waals surface area contributed by atoms with E-state index in [1.165, 1.54) is 0 Å². The molecule has 2 fully saturated rings. The van der Waals surface area contributed by atoms with Crippen molar-refractivity contribution < 1.29 is 24.2 Å². The van der Waals surface area contributed by atoms with Gasteiger partial charge in [0.1, 0.15) is 0 Å². The summed E-state index contributed by atoms with van der Waals surface area (Å²) in [4.78, 5) is 24.0. The summed E-state index contributed by atoms with van der Waals surface area (Å²) in [5.74, 6) is -1.67. The number of hydrogen-bond acceptors (Lipinski definition) is 5. The number of aliphatic hydroxyl groups excluding tert-OH is 1. The maximum absolute atomic E-state index is 12.0. The Morgan fingerprint density at radius 1 is 1.26 bits per heavy atom. The summed E-state index contributed by atoms with van der Waals surface area (Å²) < 4.78 is 11.0. The van der Waals surface area contributed by atoms with Crippen molar-refractivity contribution in [2.75, 3.05) is 0 Å². The van der Waals surface area contributed by atoms with Gasteiger partial charge >= 0.3 is 5.97 Å². The van der Waals surface area contributed by atoms with Gasteiger partial charge in [-0.05, 0) is 33.6 Å². The van der Waals surface area contributed by atoms with Crippen LogP contribution in [0.25, 0.3) is 0 Å². The van der Waals surface area contributed by atoms with Gasteiger partial charge in [-0.2, -0.15) is 0 Å². The largest absolute Gasteiger partial charge is 0.502 e. The molecule has 0 aromatic rings. The molecular formula is C14H18O5. The summed E-state index contributed by atoms with van der Waals surface area (Å²) in [7, 11) is 0. The summed E-state index contributed by atoms with van der Waals surface area (Å²) in [6.45, 7) is 5.20. The summed E-state index contributed by atoms with van der Waals surface area (Å²) in [5.41, 5.74) is -0.674. The molecule has 0 saturated carbocycles. The highest BCUT2D eigenvalue weighted by molar-refractivity contribution is 6.00. The van der Waals surface area contributed by atoms with Gasteiger partial charge < -0.3 is 14.6 Å². The van der Waals surface area contributed by atoms with E-state index in [0.717, 1.165) is 12.8 Å². The number of carbonyl (C=O) groups excluding carboxylic acids is 2. The highest BCUT2D eigenvalue weighted by Gasteiger charge is 2.60. The Hall–Kier alpha value is -1.36. The topological polar surface area (TPSA) is 72.8 Å². The molecule has 2 aliphatic heterocycles. The minimum absolute atomic E-state index is 0.105. The number of esters is 1. The lowest BCUT2D eigenvalue weighted by molar-refractivity contribution is -0.149. The Kier molecular flexibility index (Phi) is 2.55. The first-order chi connectivity index (χ1) is 8.80. The predicted octanol–water partition coefficient (Wildman–Crippen LogP) is 1.72. The monoisotopic (exact) mass is 266 g/mol. The van der Waals surface area contributed by atoms with Crippen LogP contribution in [0.5, 0.6) is 0 Å². The molecule has 4 atom stereocenters. The van der Waals surface area contributed by atoms with E-state index in [2.05, 4.69) is 0 Å². The SMILES string of the molecule is CC(C)(C)C(=O)OC1=C(O)C(=O)C2C3CCC(O3)C12. The Morgan fingerprint density at radius 3 is 2.42 bits per heavy atom. The second-order valence-corrected chi connectivity index (χ2v) is 6.56. The maximum Gasteiger partial charge on any atom is 0.316 e. The highest BCUT2D eigenvalue weighted by Crippen LogP contribution is 2.52. The molecule has 4 unspecified atom stereocenters. The lowest BCUT2D eigenvalue weighted by Crippen LogP contribution is -2.31. The molecule has 5 nitrogen and oxygen atoms in total. The van der Waals surface area contributed by atoms with Crippen molar-refractivity contribution in [1.29, 1.82) is 0 Å². The van der Waals surface area contributed by atoms with Crippen molar-refractivity contribution in [2.24, 2.45) is 17.3 Å². The molecular weight excluding hydrogens is 248 g/mol. The number of Topliss-reactive ketones (excluding diaryl/α,β-unsaturated/α-hetero) is 1. The Bertz CT molecular complexity index is 485. The molecule has 1 N–H and O–H groups in total. The zero-order valence-electron chi connectivity index (χ0n) is 11.3. The van der Waals surface area contributed by atoms with Crippen molar-refractivity contribution in [2.45, 2.75) is 45.8 Å². The Labute approximate surface area is 111 Å². The van der Waals surface area contributed by atoms with Gasteiger partial charge in [0, 0.05) is 0 Å². The molecule has 3 aliphatic rings. The first-order valence-corrected chi connectivity index (χ1v) is 6.66. The normalized spacial score (nSPS) is 36.9. The van der Waals surface area contributed by atoms with Crippen molar-refractivity contribution in [3.05, 3.63) is 11.5 Å². The summed E-state index contributed by atoms with van der Waals surface area (Å²) in [6, 6.07) is 0. The van der Waals surface area contributed by atoms with Crippen LogP contribution in [0.15, 0.2) is 11.5 Å². The van der Waals surface area contributed by atoms with E-state index >= 15 is 0 Å². The first kappa shape index (κ1) is 12.7. The van der Waals surface area contributed by atoms with E-state index in [0.29, 0.717) is 0 Å². The second-order valence-electron chi connectivity index (χ2n) is 6.56. The number of aliphatic hydroxyl groups is 1. The van der Waals surface area contributed by atoms with E-state index in [1.54, 1.807) is 20.8 Å². The molecule has 2 bridgehead atoms. The zero-order valence-corrected chi connectivity index (χ0v) is 11.3. The smallest absolute Gasteiger partial charge is 0.316 e. The van der Waals surface area contributed by atoms with Crippen molar-refractivity contribution in [3.63, 3.8) is 0 Å². The van der Waals surface area contributed by atoms with E-state index in [1.807, 2.05) is 0 Å². The fraction of sp³-hybridized carbons (Fsp3) is 0.714. The van der Waals surface area contributed by atoms with Crippen LogP contribution in [0.2, 0.25) is 0 Å². The van der Waals surface area contributed by atoms with E-state index in [-0.39, 0.29) is 41.3 Å². The molecule has 5 heteroatoms. The fourth-order valence-corrected chi connectivity index (χ4v) is 3.15.